The van der Waals surface area contributed by atoms with Crippen molar-refractivity contribution in [1.29, 1.82) is 0 Å². The van der Waals surface area contributed by atoms with Crippen molar-refractivity contribution in [3.8, 4) is 0 Å². The first-order valence-electron chi connectivity index (χ1n) is 6.46. The number of nitrogen functional groups attached to an aromatic ring is 2. The van der Waals surface area contributed by atoms with Crippen molar-refractivity contribution in [1.82, 2.24) is 15.0 Å². The molecule has 0 spiro atoms. The average molecular weight is 251 g/mol. The fourth-order valence-corrected chi connectivity index (χ4v) is 1.24. The Morgan fingerprint density at radius 1 is 1.11 bits per heavy atom. The Morgan fingerprint density at radius 3 is 2.17 bits per heavy atom. The molecule has 0 saturated heterocycles. The van der Waals surface area contributed by atoms with Crippen molar-refractivity contribution >= 4 is 22.8 Å². The average Bonchev–Trinajstić information content (AvgIpc) is 2.74. The first kappa shape index (κ1) is 16.2. The molecule has 0 aliphatic carbocycles. The number of rotatable bonds is 1. The lowest BCUT2D eigenvalue weighted by Gasteiger charge is -1.97. The second kappa shape index (κ2) is 8.33. The lowest BCUT2D eigenvalue weighted by molar-refractivity contribution is 0.886. The van der Waals surface area contributed by atoms with Gasteiger partial charge in [-0.1, -0.05) is 40.5 Å². The van der Waals surface area contributed by atoms with E-state index < -0.39 is 0 Å². The standard InChI is InChI=1S/C7H9N5.C4H10.C2H6/c1-3-2-10-6-4(3)5(8)11-7(9)12-6;1-3-4-2;1-2/h2H,1H3,(H5,8,9,10,11,12);3-4H2,1-2H3;1-2H3. The van der Waals surface area contributed by atoms with E-state index in [1.54, 1.807) is 0 Å². The highest BCUT2D eigenvalue weighted by molar-refractivity contribution is 5.89. The Morgan fingerprint density at radius 2 is 1.67 bits per heavy atom. The largest absolute Gasteiger partial charge is 0.383 e. The van der Waals surface area contributed by atoms with E-state index in [4.69, 9.17) is 11.5 Å². The molecule has 0 saturated carbocycles. The molecular weight excluding hydrogens is 226 g/mol. The van der Waals surface area contributed by atoms with E-state index >= 15 is 0 Å². The summed E-state index contributed by atoms with van der Waals surface area (Å²) in [5.74, 6) is 0.623. The first-order chi connectivity index (χ1) is 8.60. The maximum Gasteiger partial charge on any atom is 0.223 e. The van der Waals surface area contributed by atoms with Crippen LogP contribution in [-0.4, -0.2) is 15.0 Å². The number of fused-ring (bicyclic) bond motifs is 1. The van der Waals surface area contributed by atoms with E-state index in [9.17, 15) is 0 Å². The Labute approximate surface area is 109 Å². The van der Waals surface area contributed by atoms with Gasteiger partial charge < -0.3 is 16.5 Å². The molecule has 0 fully saturated rings. The normalized spacial score (nSPS) is 9.17. The molecule has 2 heterocycles. The summed E-state index contributed by atoms with van der Waals surface area (Å²) in [5, 5.41) is 0.851. The van der Waals surface area contributed by atoms with Gasteiger partial charge in [-0.3, -0.25) is 0 Å². The number of anilines is 2. The van der Waals surface area contributed by atoms with Crippen molar-refractivity contribution in [3.05, 3.63) is 11.8 Å². The molecule has 0 radical (unpaired) electrons. The molecule has 2 aromatic rings. The Kier molecular flexibility index (Phi) is 7.51. The van der Waals surface area contributed by atoms with Gasteiger partial charge in [0.15, 0.2) is 0 Å². The fraction of sp³-hybridized carbons (Fsp3) is 0.538. The van der Waals surface area contributed by atoms with Gasteiger partial charge in [-0.2, -0.15) is 9.97 Å². The van der Waals surface area contributed by atoms with Crippen molar-refractivity contribution < 1.29 is 0 Å². The first-order valence-corrected chi connectivity index (χ1v) is 6.46. The van der Waals surface area contributed by atoms with E-state index in [1.165, 1.54) is 12.8 Å². The van der Waals surface area contributed by atoms with Gasteiger partial charge in [0, 0.05) is 6.20 Å². The highest BCUT2D eigenvalue weighted by Crippen LogP contribution is 2.20. The van der Waals surface area contributed by atoms with Gasteiger partial charge in [-0.25, -0.2) is 0 Å². The number of nitrogens with one attached hydrogen (secondary N) is 1. The molecule has 102 valence electrons. The number of aromatic amines is 1. The summed E-state index contributed by atoms with van der Waals surface area (Å²) in [7, 11) is 0. The van der Waals surface area contributed by atoms with Crippen molar-refractivity contribution in [2.45, 2.75) is 47.5 Å². The summed E-state index contributed by atoms with van der Waals surface area (Å²) in [4.78, 5) is 10.8. The predicted octanol–water partition coefficient (Wildman–Crippen LogP) is 3.26. The van der Waals surface area contributed by atoms with Gasteiger partial charge in [0.2, 0.25) is 5.95 Å². The number of hydrogen-bond donors (Lipinski definition) is 3. The van der Waals surface area contributed by atoms with Crippen LogP contribution in [0.1, 0.15) is 46.1 Å². The monoisotopic (exact) mass is 251 g/mol. The van der Waals surface area contributed by atoms with Crippen LogP contribution in [0.25, 0.3) is 11.0 Å². The van der Waals surface area contributed by atoms with E-state index in [0.29, 0.717) is 11.5 Å². The molecule has 0 aromatic carbocycles. The van der Waals surface area contributed by atoms with Crippen LogP contribution in [-0.2, 0) is 0 Å². The van der Waals surface area contributed by atoms with E-state index in [1.807, 2.05) is 27.0 Å². The summed E-state index contributed by atoms with van der Waals surface area (Å²) >= 11 is 0. The zero-order valence-electron chi connectivity index (χ0n) is 12.0. The van der Waals surface area contributed by atoms with Gasteiger partial charge in [-0.15, -0.1) is 0 Å². The molecule has 0 atom stereocenters. The maximum atomic E-state index is 5.65. The lowest BCUT2D eigenvalue weighted by Crippen LogP contribution is -1.99. The summed E-state index contributed by atoms with van der Waals surface area (Å²) in [6, 6.07) is 0. The van der Waals surface area contributed by atoms with Crippen molar-refractivity contribution in [3.63, 3.8) is 0 Å². The van der Waals surface area contributed by atoms with Gasteiger partial charge in [0.25, 0.3) is 0 Å². The minimum absolute atomic E-state index is 0.196. The van der Waals surface area contributed by atoms with Crippen molar-refractivity contribution in [2.75, 3.05) is 11.5 Å². The Bertz CT molecular complexity index is 460. The second-order valence-corrected chi connectivity index (χ2v) is 3.66. The van der Waals surface area contributed by atoms with Crippen molar-refractivity contribution in [2.24, 2.45) is 0 Å². The predicted molar refractivity (Wildman–Crippen MR) is 79.4 cm³/mol. The van der Waals surface area contributed by atoms with Gasteiger partial charge in [-0.05, 0) is 12.5 Å². The Hall–Kier alpha value is -1.78. The molecule has 0 aliphatic heterocycles. The molecular formula is C13H25N5. The van der Waals surface area contributed by atoms with Crippen LogP contribution in [0.15, 0.2) is 6.20 Å². The number of nitrogens with zero attached hydrogens (tertiary/aromatic N) is 2. The molecule has 0 aliphatic rings. The van der Waals surface area contributed by atoms with Crippen LogP contribution in [0.4, 0.5) is 11.8 Å². The van der Waals surface area contributed by atoms with Crippen LogP contribution in [0.2, 0.25) is 0 Å². The molecule has 18 heavy (non-hydrogen) atoms. The summed E-state index contributed by atoms with van der Waals surface area (Å²) in [5.41, 5.74) is 12.8. The van der Waals surface area contributed by atoms with Crippen LogP contribution in [0, 0.1) is 6.92 Å². The van der Waals surface area contributed by atoms with Crippen LogP contribution < -0.4 is 11.5 Å². The smallest absolute Gasteiger partial charge is 0.223 e. The SMILES string of the molecule is CC.CCCC.Cc1c[nH]c2nc(N)nc(N)c12. The molecule has 0 unspecified atom stereocenters. The minimum atomic E-state index is 0.196. The molecule has 0 bridgehead atoms. The number of hydrogen-bond acceptors (Lipinski definition) is 4. The summed E-state index contributed by atoms with van der Waals surface area (Å²) in [6.07, 6.45) is 4.47. The number of aryl methyl sites for hydroxylation is 1. The van der Waals surface area contributed by atoms with Gasteiger partial charge >= 0.3 is 0 Å². The number of H-pyrrole nitrogens is 1. The number of unbranched alkanes of at least 4 members (excludes halogenated alkanes) is 1. The molecule has 5 N–H and O–H groups in total. The summed E-state index contributed by atoms with van der Waals surface area (Å²) in [6.45, 7) is 10.3. The fourth-order valence-electron chi connectivity index (χ4n) is 1.24. The van der Waals surface area contributed by atoms with E-state index in [-0.39, 0.29) is 5.95 Å². The lowest BCUT2D eigenvalue weighted by atomic mass is 10.2. The third-order valence-corrected chi connectivity index (χ3v) is 2.27. The molecule has 2 rings (SSSR count). The minimum Gasteiger partial charge on any atom is -0.383 e. The molecule has 0 amide bonds. The van der Waals surface area contributed by atoms with Gasteiger partial charge in [0.05, 0.1) is 5.39 Å². The molecule has 5 heteroatoms. The van der Waals surface area contributed by atoms with E-state index in [2.05, 4.69) is 28.8 Å². The molecule has 2 aromatic heterocycles. The number of aromatic nitrogens is 3. The third kappa shape index (κ3) is 4.24. The topological polar surface area (TPSA) is 93.6 Å². The highest BCUT2D eigenvalue weighted by Gasteiger charge is 2.06. The van der Waals surface area contributed by atoms with Crippen LogP contribution in [0.5, 0.6) is 0 Å². The van der Waals surface area contributed by atoms with Gasteiger partial charge in [0.1, 0.15) is 11.5 Å². The van der Waals surface area contributed by atoms with E-state index in [0.717, 1.165) is 10.9 Å². The number of nitrogens with two attached hydrogens (primary N) is 2. The highest BCUT2D eigenvalue weighted by atomic mass is 15.1. The quantitative estimate of drug-likeness (QED) is 0.725. The second-order valence-electron chi connectivity index (χ2n) is 3.66. The maximum absolute atomic E-state index is 5.65. The zero-order chi connectivity index (χ0) is 14.1. The zero-order valence-corrected chi connectivity index (χ0v) is 12.0. The Balaban J connectivity index is 0.000000415. The van der Waals surface area contributed by atoms with Crippen LogP contribution >= 0.6 is 0 Å². The third-order valence-electron chi connectivity index (χ3n) is 2.27. The van der Waals surface area contributed by atoms with Crippen LogP contribution in [0.3, 0.4) is 0 Å². The summed E-state index contributed by atoms with van der Waals surface area (Å²) < 4.78 is 0. The molecule has 5 nitrogen and oxygen atoms in total.